The van der Waals surface area contributed by atoms with Crippen molar-refractivity contribution in [2.45, 2.75) is 20.0 Å². The molecular weight excluding hydrogens is 372 g/mol. The van der Waals surface area contributed by atoms with Gasteiger partial charge in [0.2, 0.25) is 0 Å². The minimum Gasteiger partial charge on any atom is -0.503 e. The molecule has 0 radical (unpaired) electrons. The average molecular weight is 394 g/mol. The zero-order chi connectivity index (χ0) is 20.8. The quantitative estimate of drug-likeness (QED) is 0.260. The van der Waals surface area contributed by atoms with Crippen molar-refractivity contribution in [3.8, 4) is 5.75 Å². The van der Waals surface area contributed by atoms with E-state index < -0.39 is 5.97 Å². The second kappa shape index (κ2) is 9.10. The summed E-state index contributed by atoms with van der Waals surface area (Å²) in [6.07, 6.45) is 2.08. The van der Waals surface area contributed by atoms with Gasteiger partial charge in [-0.3, -0.25) is 0 Å². The molecule has 1 aromatic heterocycles. The van der Waals surface area contributed by atoms with Gasteiger partial charge in [0.05, 0.1) is 20.5 Å². The SMILES string of the molecule is CCc1cc(=O)oc2cc(OCc3ccccc3/C(=C\OC)C(=O)OC)ccc12. The van der Waals surface area contributed by atoms with Crippen molar-refractivity contribution in [1.29, 1.82) is 0 Å². The van der Waals surface area contributed by atoms with Crippen molar-refractivity contribution in [2.24, 2.45) is 0 Å². The number of hydrogen-bond acceptors (Lipinski definition) is 6. The number of hydrogen-bond donors (Lipinski definition) is 0. The minimum absolute atomic E-state index is 0.206. The van der Waals surface area contributed by atoms with Gasteiger partial charge in [0.15, 0.2) is 0 Å². The van der Waals surface area contributed by atoms with E-state index in [1.165, 1.54) is 26.5 Å². The van der Waals surface area contributed by atoms with Crippen LogP contribution < -0.4 is 10.4 Å². The number of rotatable bonds is 7. The topological polar surface area (TPSA) is 75.0 Å². The molecule has 0 saturated carbocycles. The Morgan fingerprint density at radius 2 is 1.86 bits per heavy atom. The highest BCUT2D eigenvalue weighted by atomic mass is 16.5. The average Bonchev–Trinajstić information content (AvgIpc) is 2.74. The second-order valence-electron chi connectivity index (χ2n) is 6.31. The highest BCUT2D eigenvalue weighted by Gasteiger charge is 2.17. The van der Waals surface area contributed by atoms with Crippen LogP contribution >= 0.6 is 0 Å². The van der Waals surface area contributed by atoms with Gasteiger partial charge in [-0.1, -0.05) is 31.2 Å². The molecular formula is C23H22O6. The van der Waals surface area contributed by atoms with E-state index in [0.717, 1.165) is 22.9 Å². The number of ether oxygens (including phenoxy) is 3. The smallest absolute Gasteiger partial charge is 0.341 e. The summed E-state index contributed by atoms with van der Waals surface area (Å²) in [5.41, 5.74) is 2.76. The van der Waals surface area contributed by atoms with Gasteiger partial charge >= 0.3 is 11.6 Å². The van der Waals surface area contributed by atoms with Gasteiger partial charge in [0.1, 0.15) is 23.5 Å². The second-order valence-corrected chi connectivity index (χ2v) is 6.31. The maximum atomic E-state index is 12.1. The Labute approximate surface area is 168 Å². The molecule has 0 fully saturated rings. The van der Waals surface area contributed by atoms with E-state index in [4.69, 9.17) is 18.6 Å². The molecule has 0 unspecified atom stereocenters. The molecule has 2 aromatic carbocycles. The fourth-order valence-corrected chi connectivity index (χ4v) is 3.11. The summed E-state index contributed by atoms with van der Waals surface area (Å²) in [4.78, 5) is 23.9. The monoisotopic (exact) mass is 394 g/mol. The molecule has 3 rings (SSSR count). The summed E-state index contributed by atoms with van der Waals surface area (Å²) in [5, 5.41) is 0.885. The molecule has 0 saturated heterocycles. The largest absolute Gasteiger partial charge is 0.503 e. The molecule has 3 aromatic rings. The first kappa shape index (κ1) is 20.2. The van der Waals surface area contributed by atoms with Crippen molar-refractivity contribution in [3.05, 3.63) is 81.9 Å². The van der Waals surface area contributed by atoms with Crippen molar-refractivity contribution in [1.82, 2.24) is 0 Å². The van der Waals surface area contributed by atoms with Crippen LogP contribution in [0.2, 0.25) is 0 Å². The fourth-order valence-electron chi connectivity index (χ4n) is 3.11. The first-order valence-electron chi connectivity index (χ1n) is 9.16. The molecule has 0 amide bonds. The van der Waals surface area contributed by atoms with Crippen molar-refractivity contribution < 1.29 is 23.4 Å². The third-order valence-corrected chi connectivity index (χ3v) is 4.53. The maximum Gasteiger partial charge on any atom is 0.341 e. The Morgan fingerprint density at radius 3 is 2.59 bits per heavy atom. The van der Waals surface area contributed by atoms with Crippen LogP contribution in [-0.2, 0) is 27.3 Å². The molecule has 150 valence electrons. The van der Waals surface area contributed by atoms with Crippen LogP contribution in [0.3, 0.4) is 0 Å². The van der Waals surface area contributed by atoms with Crippen LogP contribution in [0.4, 0.5) is 0 Å². The van der Waals surface area contributed by atoms with Crippen LogP contribution in [0, 0.1) is 0 Å². The lowest BCUT2D eigenvalue weighted by molar-refractivity contribution is -0.133. The lowest BCUT2D eigenvalue weighted by atomic mass is 10.0. The molecule has 0 atom stereocenters. The first-order valence-corrected chi connectivity index (χ1v) is 9.16. The molecule has 0 spiro atoms. The van der Waals surface area contributed by atoms with Crippen molar-refractivity contribution >= 4 is 22.5 Å². The molecule has 0 aliphatic rings. The molecule has 6 nitrogen and oxygen atoms in total. The molecule has 0 aliphatic heterocycles. The first-order chi connectivity index (χ1) is 14.1. The van der Waals surface area contributed by atoms with Gasteiger partial charge in [-0.15, -0.1) is 0 Å². The van der Waals surface area contributed by atoms with E-state index in [-0.39, 0.29) is 12.2 Å². The van der Waals surface area contributed by atoms with Gasteiger partial charge < -0.3 is 18.6 Å². The summed E-state index contributed by atoms with van der Waals surface area (Å²) in [5.74, 6) is 0.0536. The number of benzene rings is 2. The molecule has 0 aliphatic carbocycles. The summed E-state index contributed by atoms with van der Waals surface area (Å²) in [7, 11) is 2.79. The van der Waals surface area contributed by atoms with Crippen LogP contribution in [0.1, 0.15) is 23.6 Å². The van der Waals surface area contributed by atoms with Gasteiger partial charge in [0.25, 0.3) is 0 Å². The lowest BCUT2D eigenvalue weighted by Gasteiger charge is -2.13. The van der Waals surface area contributed by atoms with Crippen LogP contribution in [0.15, 0.2) is 64.0 Å². The maximum absolute atomic E-state index is 12.1. The van der Waals surface area contributed by atoms with Crippen LogP contribution in [0.25, 0.3) is 16.5 Å². The predicted octanol–water partition coefficient (Wildman–Crippen LogP) is 4.09. The summed E-state index contributed by atoms with van der Waals surface area (Å²) < 4.78 is 21.1. The Bertz CT molecular complexity index is 1110. The van der Waals surface area contributed by atoms with E-state index in [1.54, 1.807) is 12.1 Å². The molecule has 1 heterocycles. The molecule has 0 bridgehead atoms. The zero-order valence-corrected chi connectivity index (χ0v) is 16.6. The van der Waals surface area contributed by atoms with Crippen LogP contribution in [0.5, 0.6) is 5.75 Å². The number of methoxy groups -OCH3 is 2. The third kappa shape index (κ3) is 4.48. The van der Waals surface area contributed by atoms with Gasteiger partial charge in [-0.25, -0.2) is 9.59 Å². The standard InChI is InChI=1S/C23H22O6/c1-4-15-11-22(24)29-21-12-17(9-10-19(15)21)28-13-16-7-5-6-8-18(16)20(14-26-2)23(25)27-3/h5-12,14H,4,13H2,1-3H3/b20-14+. The summed E-state index contributed by atoms with van der Waals surface area (Å²) in [6, 6.07) is 14.3. The zero-order valence-electron chi connectivity index (χ0n) is 16.6. The highest BCUT2D eigenvalue weighted by molar-refractivity contribution is 6.16. The molecule has 29 heavy (non-hydrogen) atoms. The van der Waals surface area contributed by atoms with Crippen molar-refractivity contribution in [2.75, 3.05) is 14.2 Å². The van der Waals surface area contributed by atoms with Gasteiger partial charge in [-0.05, 0) is 35.2 Å². The predicted molar refractivity (Wildman–Crippen MR) is 110 cm³/mol. The third-order valence-electron chi connectivity index (χ3n) is 4.53. The number of aryl methyl sites for hydroxylation is 1. The van der Waals surface area contributed by atoms with Gasteiger partial charge in [-0.2, -0.15) is 0 Å². The summed E-state index contributed by atoms with van der Waals surface area (Å²) in [6.45, 7) is 2.19. The van der Waals surface area contributed by atoms with Crippen LogP contribution in [-0.4, -0.2) is 20.2 Å². The van der Waals surface area contributed by atoms with E-state index in [0.29, 0.717) is 22.5 Å². The number of carbonyl (C=O) groups excluding carboxylic acids is 1. The van der Waals surface area contributed by atoms with E-state index in [2.05, 4.69) is 0 Å². The lowest BCUT2D eigenvalue weighted by Crippen LogP contribution is -2.08. The molecule has 6 heteroatoms. The Hall–Kier alpha value is -3.54. The number of carbonyl (C=O) groups is 1. The number of esters is 1. The minimum atomic E-state index is -0.501. The summed E-state index contributed by atoms with van der Waals surface area (Å²) >= 11 is 0. The Morgan fingerprint density at radius 1 is 1.07 bits per heavy atom. The number of fused-ring (bicyclic) bond motifs is 1. The Balaban J connectivity index is 1.90. The van der Waals surface area contributed by atoms with E-state index in [1.807, 2.05) is 37.3 Å². The Kier molecular flexibility index (Phi) is 6.34. The van der Waals surface area contributed by atoms with E-state index in [9.17, 15) is 9.59 Å². The van der Waals surface area contributed by atoms with Crippen molar-refractivity contribution in [3.63, 3.8) is 0 Å². The van der Waals surface area contributed by atoms with Gasteiger partial charge in [0, 0.05) is 17.5 Å². The highest BCUT2D eigenvalue weighted by Crippen LogP contribution is 2.26. The normalized spacial score (nSPS) is 11.3. The van der Waals surface area contributed by atoms with E-state index >= 15 is 0 Å². The molecule has 0 N–H and O–H groups in total. The fraction of sp³-hybridized carbons (Fsp3) is 0.217.